The average Bonchev–Trinajstić information content (AvgIpc) is 2.44. The van der Waals surface area contributed by atoms with E-state index in [1.54, 1.807) is 12.1 Å². The highest BCUT2D eigenvalue weighted by molar-refractivity contribution is 9.10. The molecule has 108 valence electrons. The van der Waals surface area contributed by atoms with Crippen LogP contribution in [0.4, 0.5) is 5.69 Å². The van der Waals surface area contributed by atoms with Gasteiger partial charge in [-0.1, -0.05) is 35.7 Å². The van der Waals surface area contributed by atoms with E-state index in [2.05, 4.69) is 33.5 Å². The second kappa shape index (κ2) is 6.88. The quantitative estimate of drug-likeness (QED) is 0.814. The molecule has 2 amide bonds. The monoisotopic (exact) mass is 338 g/mol. The van der Waals surface area contributed by atoms with Crippen molar-refractivity contribution in [1.29, 1.82) is 0 Å². The summed E-state index contributed by atoms with van der Waals surface area (Å²) in [5.41, 5.74) is 0.616. The molecule has 0 spiro atoms. The van der Waals surface area contributed by atoms with E-state index in [0.717, 1.165) is 23.7 Å². The smallest absolute Gasteiger partial charge is 0.313 e. The second-order valence-corrected chi connectivity index (χ2v) is 6.22. The largest absolute Gasteiger partial charge is 0.345 e. The van der Waals surface area contributed by atoms with Gasteiger partial charge in [-0.3, -0.25) is 9.59 Å². The molecule has 4 nitrogen and oxygen atoms in total. The highest BCUT2D eigenvalue weighted by atomic mass is 79.9. The minimum atomic E-state index is -0.606. The molecule has 0 heterocycles. The second-order valence-electron chi connectivity index (χ2n) is 5.30. The van der Waals surface area contributed by atoms with Crippen molar-refractivity contribution in [2.75, 3.05) is 5.32 Å². The molecule has 1 aromatic rings. The Labute approximate surface area is 127 Å². The van der Waals surface area contributed by atoms with Crippen molar-refractivity contribution >= 4 is 33.4 Å². The molecule has 0 aromatic heterocycles. The summed E-state index contributed by atoms with van der Waals surface area (Å²) in [6, 6.07) is 7.25. The maximum absolute atomic E-state index is 11.9. The van der Waals surface area contributed by atoms with Gasteiger partial charge in [-0.05, 0) is 43.0 Å². The number of benzene rings is 1. The third-order valence-electron chi connectivity index (χ3n) is 3.74. The summed E-state index contributed by atoms with van der Waals surface area (Å²) in [4.78, 5) is 23.7. The van der Waals surface area contributed by atoms with E-state index < -0.39 is 11.8 Å². The maximum atomic E-state index is 11.9. The van der Waals surface area contributed by atoms with Crippen LogP contribution in [0.3, 0.4) is 0 Å². The minimum Gasteiger partial charge on any atom is -0.345 e. The molecule has 1 saturated carbocycles. The van der Waals surface area contributed by atoms with E-state index >= 15 is 0 Å². The van der Waals surface area contributed by atoms with E-state index in [4.69, 9.17) is 0 Å². The number of anilines is 1. The van der Waals surface area contributed by atoms with Crippen molar-refractivity contribution in [3.8, 4) is 0 Å². The zero-order chi connectivity index (χ0) is 14.5. The van der Waals surface area contributed by atoms with Gasteiger partial charge in [-0.25, -0.2) is 0 Å². The Morgan fingerprint density at radius 2 is 1.75 bits per heavy atom. The first-order chi connectivity index (χ1) is 9.56. The summed E-state index contributed by atoms with van der Waals surface area (Å²) in [5.74, 6) is -0.718. The predicted octanol–water partition coefficient (Wildman–Crippen LogP) is 3.08. The summed E-state index contributed by atoms with van der Waals surface area (Å²) in [6.45, 7) is 2.12. The molecular formula is C15H19BrN2O2. The molecule has 5 heteroatoms. The summed E-state index contributed by atoms with van der Waals surface area (Å²) in [7, 11) is 0. The maximum Gasteiger partial charge on any atom is 0.313 e. The highest BCUT2D eigenvalue weighted by Gasteiger charge is 2.25. The highest BCUT2D eigenvalue weighted by Crippen LogP contribution is 2.23. The lowest BCUT2D eigenvalue weighted by Crippen LogP contribution is -2.45. The number of hydrogen-bond acceptors (Lipinski definition) is 2. The molecule has 1 aliphatic carbocycles. The SMILES string of the molecule is C[C@H]1CCCC[C@H]1NC(=O)C(=O)Nc1ccc(Br)cc1. The van der Waals surface area contributed by atoms with E-state index in [1.165, 1.54) is 6.42 Å². The van der Waals surface area contributed by atoms with Gasteiger partial charge in [0.25, 0.3) is 0 Å². The average molecular weight is 339 g/mol. The first kappa shape index (κ1) is 15.0. The van der Waals surface area contributed by atoms with Crippen LogP contribution in [0.15, 0.2) is 28.7 Å². The van der Waals surface area contributed by atoms with E-state index in [1.807, 2.05) is 12.1 Å². The van der Waals surface area contributed by atoms with Crippen LogP contribution in [0, 0.1) is 5.92 Å². The van der Waals surface area contributed by atoms with Gasteiger partial charge in [0.15, 0.2) is 0 Å². The third-order valence-corrected chi connectivity index (χ3v) is 4.26. The molecule has 2 N–H and O–H groups in total. The lowest BCUT2D eigenvalue weighted by Gasteiger charge is -2.29. The molecule has 0 saturated heterocycles. The number of carbonyl (C=O) groups is 2. The molecule has 2 atom stereocenters. The molecule has 1 fully saturated rings. The molecule has 1 aliphatic rings. The minimum absolute atomic E-state index is 0.118. The van der Waals surface area contributed by atoms with Crippen LogP contribution in [-0.4, -0.2) is 17.9 Å². The van der Waals surface area contributed by atoms with Crippen molar-refractivity contribution < 1.29 is 9.59 Å². The van der Waals surface area contributed by atoms with E-state index in [9.17, 15) is 9.59 Å². The van der Waals surface area contributed by atoms with Crippen molar-refractivity contribution in [2.24, 2.45) is 5.92 Å². The number of amides is 2. The van der Waals surface area contributed by atoms with Crippen LogP contribution in [0.5, 0.6) is 0 Å². The Balaban J connectivity index is 1.88. The van der Waals surface area contributed by atoms with Crippen LogP contribution in [-0.2, 0) is 9.59 Å². The summed E-state index contributed by atoms with van der Waals surface area (Å²) in [6.07, 6.45) is 4.39. The molecule has 1 aromatic carbocycles. The third kappa shape index (κ3) is 4.07. The lowest BCUT2D eigenvalue weighted by atomic mass is 9.86. The Bertz CT molecular complexity index is 487. The van der Waals surface area contributed by atoms with Gasteiger partial charge in [0.05, 0.1) is 0 Å². The first-order valence-electron chi connectivity index (χ1n) is 6.93. The molecule has 20 heavy (non-hydrogen) atoms. The zero-order valence-electron chi connectivity index (χ0n) is 11.5. The lowest BCUT2D eigenvalue weighted by molar-refractivity contribution is -0.137. The van der Waals surface area contributed by atoms with Crippen molar-refractivity contribution in [2.45, 2.75) is 38.6 Å². The fourth-order valence-corrected chi connectivity index (χ4v) is 2.75. The fraction of sp³-hybridized carbons (Fsp3) is 0.467. The van der Waals surface area contributed by atoms with E-state index in [0.29, 0.717) is 11.6 Å². The Morgan fingerprint density at radius 1 is 1.10 bits per heavy atom. The van der Waals surface area contributed by atoms with Crippen molar-refractivity contribution in [3.05, 3.63) is 28.7 Å². The summed E-state index contributed by atoms with van der Waals surface area (Å²) < 4.78 is 0.927. The van der Waals surface area contributed by atoms with Crippen LogP contribution < -0.4 is 10.6 Å². The van der Waals surface area contributed by atoms with E-state index in [-0.39, 0.29) is 6.04 Å². The van der Waals surface area contributed by atoms with Gasteiger partial charge in [0, 0.05) is 16.2 Å². The van der Waals surface area contributed by atoms with Crippen LogP contribution >= 0.6 is 15.9 Å². The van der Waals surface area contributed by atoms with Crippen molar-refractivity contribution in [1.82, 2.24) is 5.32 Å². The molecule has 0 aliphatic heterocycles. The molecule has 0 radical (unpaired) electrons. The van der Waals surface area contributed by atoms with Crippen LogP contribution in [0.25, 0.3) is 0 Å². The fourth-order valence-electron chi connectivity index (χ4n) is 2.49. The molecule has 0 bridgehead atoms. The van der Waals surface area contributed by atoms with Crippen LogP contribution in [0.1, 0.15) is 32.6 Å². The number of hydrogen-bond donors (Lipinski definition) is 2. The summed E-state index contributed by atoms with van der Waals surface area (Å²) in [5, 5.41) is 5.44. The van der Waals surface area contributed by atoms with Crippen molar-refractivity contribution in [3.63, 3.8) is 0 Å². The van der Waals surface area contributed by atoms with Gasteiger partial charge >= 0.3 is 11.8 Å². The van der Waals surface area contributed by atoms with Gasteiger partial charge < -0.3 is 10.6 Å². The number of halogens is 1. The predicted molar refractivity (Wildman–Crippen MR) is 82.3 cm³/mol. The first-order valence-corrected chi connectivity index (χ1v) is 7.73. The molecular weight excluding hydrogens is 320 g/mol. The zero-order valence-corrected chi connectivity index (χ0v) is 13.1. The number of nitrogens with one attached hydrogen (secondary N) is 2. The van der Waals surface area contributed by atoms with Crippen LogP contribution in [0.2, 0.25) is 0 Å². The molecule has 2 rings (SSSR count). The normalized spacial score (nSPS) is 22.1. The standard InChI is InChI=1S/C15H19BrN2O2/c1-10-4-2-3-5-13(10)18-15(20)14(19)17-12-8-6-11(16)7-9-12/h6-10,13H,2-5H2,1H3,(H,17,19)(H,18,20)/t10-,13+/m0/s1. The summed E-state index contributed by atoms with van der Waals surface area (Å²) >= 11 is 3.32. The van der Waals surface area contributed by atoms with Gasteiger partial charge in [-0.2, -0.15) is 0 Å². The van der Waals surface area contributed by atoms with Gasteiger partial charge in [0.2, 0.25) is 0 Å². The Kier molecular flexibility index (Phi) is 5.17. The Hall–Kier alpha value is -1.36. The number of rotatable bonds is 2. The van der Waals surface area contributed by atoms with Gasteiger partial charge in [-0.15, -0.1) is 0 Å². The molecule has 0 unspecified atom stereocenters. The Morgan fingerprint density at radius 3 is 2.40 bits per heavy atom. The number of carbonyl (C=O) groups excluding carboxylic acids is 2. The topological polar surface area (TPSA) is 58.2 Å². The van der Waals surface area contributed by atoms with Gasteiger partial charge in [0.1, 0.15) is 0 Å².